The summed E-state index contributed by atoms with van der Waals surface area (Å²) in [6.45, 7) is 3.51. The Bertz CT molecular complexity index is 221. The lowest BCUT2D eigenvalue weighted by Gasteiger charge is -2.37. The van der Waals surface area contributed by atoms with Crippen LogP contribution >= 0.6 is 0 Å². The van der Waals surface area contributed by atoms with Crippen LogP contribution in [-0.4, -0.2) is 25.2 Å². The predicted molar refractivity (Wildman–Crippen MR) is 74.3 cm³/mol. The van der Waals surface area contributed by atoms with Crippen molar-refractivity contribution in [3.8, 4) is 0 Å². The van der Waals surface area contributed by atoms with Gasteiger partial charge in [-0.25, -0.2) is 0 Å². The molecule has 2 rings (SSSR count). The van der Waals surface area contributed by atoms with Gasteiger partial charge in [-0.3, -0.25) is 0 Å². The molecule has 0 spiro atoms. The van der Waals surface area contributed by atoms with Gasteiger partial charge in [0.25, 0.3) is 0 Å². The quantitative estimate of drug-likeness (QED) is 0.712. The van der Waals surface area contributed by atoms with E-state index in [0.717, 1.165) is 12.0 Å². The Morgan fingerprint density at radius 2 is 1.94 bits per heavy atom. The molecule has 2 atom stereocenters. The topological polar surface area (TPSA) is 24.1 Å². The molecule has 2 unspecified atom stereocenters. The van der Waals surface area contributed by atoms with E-state index in [1.807, 2.05) is 0 Å². The summed E-state index contributed by atoms with van der Waals surface area (Å²) in [5.41, 5.74) is 0.459. The van der Waals surface area contributed by atoms with Gasteiger partial charge in [-0.1, -0.05) is 32.6 Å². The molecule has 100 valence electrons. The maximum absolute atomic E-state index is 3.76. The van der Waals surface area contributed by atoms with Crippen LogP contribution in [0.2, 0.25) is 0 Å². The van der Waals surface area contributed by atoms with Crippen molar-refractivity contribution < 1.29 is 0 Å². The van der Waals surface area contributed by atoms with Gasteiger partial charge in [0.2, 0.25) is 0 Å². The van der Waals surface area contributed by atoms with Gasteiger partial charge in [0.05, 0.1) is 0 Å². The SMILES string of the molecule is CCCC1CC1NCCC1(NC)CCCCC1. The summed E-state index contributed by atoms with van der Waals surface area (Å²) in [7, 11) is 2.16. The van der Waals surface area contributed by atoms with E-state index in [-0.39, 0.29) is 0 Å². The Hall–Kier alpha value is -0.0800. The van der Waals surface area contributed by atoms with Crippen LogP contribution in [0.5, 0.6) is 0 Å². The largest absolute Gasteiger partial charge is 0.314 e. The van der Waals surface area contributed by atoms with E-state index >= 15 is 0 Å². The van der Waals surface area contributed by atoms with Gasteiger partial charge >= 0.3 is 0 Å². The fraction of sp³-hybridized carbons (Fsp3) is 1.00. The van der Waals surface area contributed by atoms with E-state index in [4.69, 9.17) is 0 Å². The molecule has 2 aliphatic rings. The molecule has 2 fully saturated rings. The van der Waals surface area contributed by atoms with Gasteiger partial charge in [-0.05, 0) is 51.6 Å². The van der Waals surface area contributed by atoms with E-state index in [0.29, 0.717) is 5.54 Å². The minimum absolute atomic E-state index is 0.459. The van der Waals surface area contributed by atoms with E-state index in [9.17, 15) is 0 Å². The third-order valence-electron chi connectivity index (χ3n) is 4.93. The minimum atomic E-state index is 0.459. The van der Waals surface area contributed by atoms with Gasteiger partial charge in [-0.2, -0.15) is 0 Å². The molecular formula is C15H30N2. The second kappa shape index (κ2) is 6.19. The van der Waals surface area contributed by atoms with Gasteiger partial charge < -0.3 is 10.6 Å². The van der Waals surface area contributed by atoms with Crippen LogP contribution in [0.1, 0.15) is 64.7 Å². The highest BCUT2D eigenvalue weighted by molar-refractivity contribution is 4.95. The molecule has 0 aromatic rings. The summed E-state index contributed by atoms with van der Waals surface area (Å²) >= 11 is 0. The normalized spacial score (nSPS) is 31.4. The fourth-order valence-electron chi connectivity index (χ4n) is 3.54. The molecule has 0 aliphatic heterocycles. The molecular weight excluding hydrogens is 208 g/mol. The van der Waals surface area contributed by atoms with Crippen LogP contribution in [-0.2, 0) is 0 Å². The smallest absolute Gasteiger partial charge is 0.0190 e. The third kappa shape index (κ3) is 3.69. The van der Waals surface area contributed by atoms with Gasteiger partial charge in [0.1, 0.15) is 0 Å². The van der Waals surface area contributed by atoms with E-state index < -0.39 is 0 Å². The van der Waals surface area contributed by atoms with Crippen LogP contribution in [0.25, 0.3) is 0 Å². The molecule has 0 bridgehead atoms. The van der Waals surface area contributed by atoms with Gasteiger partial charge in [0.15, 0.2) is 0 Å². The molecule has 0 radical (unpaired) electrons. The Labute approximate surface area is 107 Å². The van der Waals surface area contributed by atoms with Crippen molar-refractivity contribution in [3.63, 3.8) is 0 Å². The van der Waals surface area contributed by atoms with Crippen molar-refractivity contribution in [2.24, 2.45) is 5.92 Å². The maximum atomic E-state index is 3.76. The Kier molecular flexibility index (Phi) is 4.87. The molecule has 2 saturated carbocycles. The van der Waals surface area contributed by atoms with Crippen molar-refractivity contribution in [2.75, 3.05) is 13.6 Å². The molecule has 0 aromatic carbocycles. The van der Waals surface area contributed by atoms with Crippen molar-refractivity contribution in [1.82, 2.24) is 10.6 Å². The third-order valence-corrected chi connectivity index (χ3v) is 4.93. The van der Waals surface area contributed by atoms with E-state index in [1.54, 1.807) is 0 Å². The first-order valence-corrected chi connectivity index (χ1v) is 7.72. The summed E-state index contributed by atoms with van der Waals surface area (Å²) in [5, 5.41) is 7.37. The summed E-state index contributed by atoms with van der Waals surface area (Å²) < 4.78 is 0. The molecule has 2 N–H and O–H groups in total. The monoisotopic (exact) mass is 238 g/mol. The molecule has 0 amide bonds. The molecule has 0 heterocycles. The first kappa shape index (κ1) is 13.4. The van der Waals surface area contributed by atoms with Crippen LogP contribution in [0, 0.1) is 5.92 Å². The van der Waals surface area contributed by atoms with Crippen molar-refractivity contribution in [2.45, 2.75) is 76.3 Å². The second-order valence-electron chi connectivity index (χ2n) is 6.19. The predicted octanol–water partition coefficient (Wildman–Crippen LogP) is 3.08. The van der Waals surface area contributed by atoms with Crippen LogP contribution in [0.3, 0.4) is 0 Å². The lowest BCUT2D eigenvalue weighted by atomic mass is 9.79. The minimum Gasteiger partial charge on any atom is -0.314 e. The first-order valence-electron chi connectivity index (χ1n) is 7.72. The Morgan fingerprint density at radius 1 is 1.18 bits per heavy atom. The lowest BCUT2D eigenvalue weighted by molar-refractivity contribution is 0.227. The molecule has 0 aromatic heterocycles. The highest BCUT2D eigenvalue weighted by Gasteiger charge is 2.36. The Morgan fingerprint density at radius 3 is 2.59 bits per heavy atom. The zero-order valence-electron chi connectivity index (χ0n) is 11.7. The Balaban J connectivity index is 1.63. The highest BCUT2D eigenvalue weighted by Crippen LogP contribution is 2.35. The van der Waals surface area contributed by atoms with Crippen LogP contribution < -0.4 is 10.6 Å². The van der Waals surface area contributed by atoms with Crippen LogP contribution in [0.4, 0.5) is 0 Å². The van der Waals surface area contributed by atoms with E-state index in [2.05, 4.69) is 24.6 Å². The van der Waals surface area contributed by atoms with Gasteiger partial charge in [-0.15, -0.1) is 0 Å². The molecule has 17 heavy (non-hydrogen) atoms. The second-order valence-corrected chi connectivity index (χ2v) is 6.19. The molecule has 0 saturated heterocycles. The summed E-state index contributed by atoms with van der Waals surface area (Å²) in [5.74, 6) is 0.997. The van der Waals surface area contributed by atoms with Crippen LogP contribution in [0.15, 0.2) is 0 Å². The number of rotatable bonds is 7. The highest BCUT2D eigenvalue weighted by atomic mass is 15.0. The number of hydrogen-bond donors (Lipinski definition) is 2. The van der Waals surface area contributed by atoms with Crippen molar-refractivity contribution in [3.05, 3.63) is 0 Å². The summed E-state index contributed by atoms with van der Waals surface area (Å²) in [6, 6.07) is 0.854. The standard InChI is InChI=1S/C15H30N2/c1-3-7-13-12-14(13)17-11-10-15(16-2)8-5-4-6-9-15/h13-14,16-17H,3-12H2,1-2H3. The van der Waals surface area contributed by atoms with E-state index in [1.165, 1.54) is 64.3 Å². The van der Waals surface area contributed by atoms with Crippen molar-refractivity contribution in [1.29, 1.82) is 0 Å². The zero-order chi connectivity index (χ0) is 12.1. The lowest BCUT2D eigenvalue weighted by Crippen LogP contribution is -2.46. The molecule has 2 aliphatic carbocycles. The first-order chi connectivity index (χ1) is 8.29. The van der Waals surface area contributed by atoms with Crippen molar-refractivity contribution >= 4 is 0 Å². The maximum Gasteiger partial charge on any atom is 0.0190 e. The average molecular weight is 238 g/mol. The average Bonchev–Trinajstić information content (AvgIpc) is 3.09. The fourth-order valence-corrected chi connectivity index (χ4v) is 3.54. The summed E-state index contributed by atoms with van der Waals surface area (Å²) in [6.07, 6.45) is 12.6. The van der Waals surface area contributed by atoms with Gasteiger partial charge in [0, 0.05) is 11.6 Å². The zero-order valence-corrected chi connectivity index (χ0v) is 11.7. The molecule has 2 nitrogen and oxygen atoms in total. The number of hydrogen-bond acceptors (Lipinski definition) is 2. The molecule has 2 heteroatoms. The summed E-state index contributed by atoms with van der Waals surface area (Å²) in [4.78, 5) is 0. The number of nitrogens with one attached hydrogen (secondary N) is 2.